The number of halogens is 2. The van der Waals surface area contributed by atoms with E-state index in [-0.39, 0.29) is 5.91 Å². The second-order valence-electron chi connectivity index (χ2n) is 7.18. The maximum absolute atomic E-state index is 12.5. The molecule has 0 aliphatic carbocycles. The van der Waals surface area contributed by atoms with Crippen LogP contribution in [0.4, 0.5) is 0 Å². The van der Waals surface area contributed by atoms with Crippen LogP contribution in [-0.2, 0) is 5.75 Å². The maximum atomic E-state index is 12.5. The van der Waals surface area contributed by atoms with E-state index in [0.717, 1.165) is 32.6 Å². The van der Waals surface area contributed by atoms with Crippen LogP contribution in [0.25, 0.3) is 5.69 Å². The van der Waals surface area contributed by atoms with E-state index in [2.05, 4.69) is 15.6 Å². The number of hydrogen-bond acceptors (Lipinski definition) is 4. The fourth-order valence-corrected chi connectivity index (χ4v) is 4.36. The normalized spacial score (nSPS) is 11.1. The summed E-state index contributed by atoms with van der Waals surface area (Å²) >= 11 is 13.9. The molecular formula is C25H20Cl2N4OS. The molecule has 5 nitrogen and oxygen atoms in total. The molecule has 0 spiro atoms. The zero-order valence-corrected chi connectivity index (χ0v) is 20.0. The van der Waals surface area contributed by atoms with Gasteiger partial charge in [-0.3, -0.25) is 4.79 Å². The van der Waals surface area contributed by atoms with Gasteiger partial charge in [0.1, 0.15) is 0 Å². The Hall–Kier alpha value is -3.06. The number of amides is 1. The maximum Gasteiger partial charge on any atom is 0.271 e. The first-order valence-electron chi connectivity index (χ1n) is 10.1. The molecule has 0 atom stereocenters. The minimum absolute atomic E-state index is 0.299. The van der Waals surface area contributed by atoms with E-state index in [1.165, 1.54) is 6.21 Å². The molecule has 1 aromatic heterocycles. The van der Waals surface area contributed by atoms with Crippen LogP contribution >= 0.6 is 35.0 Å². The summed E-state index contributed by atoms with van der Waals surface area (Å²) in [4.78, 5) is 13.6. The minimum Gasteiger partial charge on any atom is -0.267 e. The summed E-state index contributed by atoms with van der Waals surface area (Å²) in [5, 5.41) is 9.47. The molecule has 166 valence electrons. The van der Waals surface area contributed by atoms with Gasteiger partial charge in [-0.2, -0.15) is 10.2 Å². The summed E-state index contributed by atoms with van der Waals surface area (Å²) < 4.78 is 1.74. The third-order valence-electron chi connectivity index (χ3n) is 4.91. The zero-order chi connectivity index (χ0) is 23.2. The molecule has 1 N–H and O–H groups in total. The van der Waals surface area contributed by atoms with Crippen molar-refractivity contribution in [3.8, 4) is 5.69 Å². The van der Waals surface area contributed by atoms with E-state index in [4.69, 9.17) is 23.2 Å². The number of nitrogens with one attached hydrogen (secondary N) is 1. The van der Waals surface area contributed by atoms with E-state index in [9.17, 15) is 4.79 Å². The number of aromatic nitrogens is 2. The first-order valence-corrected chi connectivity index (χ1v) is 11.9. The quantitative estimate of drug-likeness (QED) is 0.180. The lowest BCUT2D eigenvalue weighted by Crippen LogP contribution is -2.17. The van der Waals surface area contributed by atoms with Crippen molar-refractivity contribution in [3.05, 3.63) is 111 Å². The predicted molar refractivity (Wildman–Crippen MR) is 136 cm³/mol. The van der Waals surface area contributed by atoms with Gasteiger partial charge in [0.2, 0.25) is 0 Å². The van der Waals surface area contributed by atoms with Crippen LogP contribution < -0.4 is 5.43 Å². The smallest absolute Gasteiger partial charge is 0.267 e. The molecule has 0 unspecified atom stereocenters. The topological polar surface area (TPSA) is 59.3 Å². The van der Waals surface area contributed by atoms with E-state index in [0.29, 0.717) is 16.3 Å². The van der Waals surface area contributed by atoms with E-state index in [1.807, 2.05) is 73.7 Å². The number of carbonyl (C=O) groups excluding carboxylic acids is 1. The van der Waals surface area contributed by atoms with Crippen LogP contribution in [0, 0.1) is 6.92 Å². The summed E-state index contributed by atoms with van der Waals surface area (Å²) in [6.07, 6.45) is 1.51. The highest BCUT2D eigenvalue weighted by Gasteiger charge is 2.13. The average molecular weight is 495 g/mol. The lowest BCUT2D eigenvalue weighted by atomic mass is 10.1. The Kier molecular flexibility index (Phi) is 7.50. The Morgan fingerprint density at radius 2 is 1.73 bits per heavy atom. The molecule has 4 aromatic rings. The highest BCUT2D eigenvalue weighted by Crippen LogP contribution is 2.24. The Balaban J connectivity index is 1.36. The van der Waals surface area contributed by atoms with Crippen molar-refractivity contribution in [2.45, 2.75) is 17.6 Å². The van der Waals surface area contributed by atoms with Crippen LogP contribution in [0.15, 0.2) is 88.9 Å². The first kappa shape index (κ1) is 23.1. The van der Waals surface area contributed by atoms with Gasteiger partial charge in [-0.05, 0) is 61.0 Å². The van der Waals surface area contributed by atoms with Gasteiger partial charge in [-0.25, -0.2) is 10.1 Å². The lowest BCUT2D eigenvalue weighted by molar-refractivity contribution is 0.0955. The number of carbonyl (C=O) groups is 1. The second kappa shape index (κ2) is 10.7. The largest absolute Gasteiger partial charge is 0.271 e. The standard InChI is InChI=1S/C25H20Cl2N4OS/c1-17-23(24(27)30-31(17)21-5-3-2-4-6-21)15-28-29-25(32)19-9-7-18(8-10-19)16-33-22-13-11-20(26)12-14-22/h2-15H,16H2,1H3,(H,29,32)/b28-15-. The molecule has 33 heavy (non-hydrogen) atoms. The van der Waals surface area contributed by atoms with E-state index >= 15 is 0 Å². The average Bonchev–Trinajstić information content (AvgIpc) is 3.13. The number of thioether (sulfide) groups is 1. The second-order valence-corrected chi connectivity index (χ2v) is 9.02. The summed E-state index contributed by atoms with van der Waals surface area (Å²) in [5.74, 6) is 0.498. The Morgan fingerprint density at radius 1 is 1.03 bits per heavy atom. The number of hydrogen-bond donors (Lipinski definition) is 1. The number of rotatable bonds is 7. The molecule has 0 radical (unpaired) electrons. The van der Waals surface area contributed by atoms with Crippen molar-refractivity contribution in [3.63, 3.8) is 0 Å². The van der Waals surface area contributed by atoms with Crippen molar-refractivity contribution >= 4 is 47.1 Å². The highest BCUT2D eigenvalue weighted by molar-refractivity contribution is 7.98. The Bertz CT molecular complexity index is 1270. The van der Waals surface area contributed by atoms with Gasteiger partial charge in [0.15, 0.2) is 5.15 Å². The zero-order valence-electron chi connectivity index (χ0n) is 17.7. The number of nitrogens with zero attached hydrogens (tertiary/aromatic N) is 3. The van der Waals surface area contributed by atoms with Crippen LogP contribution in [0.3, 0.4) is 0 Å². The molecule has 1 amide bonds. The van der Waals surface area contributed by atoms with Crippen molar-refractivity contribution in [1.82, 2.24) is 15.2 Å². The molecule has 0 saturated heterocycles. The summed E-state index contributed by atoms with van der Waals surface area (Å²) in [7, 11) is 0. The fraction of sp³-hybridized carbons (Fsp3) is 0.0800. The minimum atomic E-state index is -0.299. The fourth-order valence-electron chi connectivity index (χ4n) is 3.12. The van der Waals surface area contributed by atoms with Gasteiger partial charge in [0.05, 0.1) is 23.2 Å². The Labute approximate surface area is 206 Å². The summed E-state index contributed by atoms with van der Waals surface area (Å²) in [6, 6.07) is 24.9. The molecule has 3 aromatic carbocycles. The van der Waals surface area contributed by atoms with E-state index in [1.54, 1.807) is 28.6 Å². The Morgan fingerprint density at radius 3 is 2.42 bits per heavy atom. The molecule has 0 fully saturated rings. The third-order valence-corrected chi connectivity index (χ3v) is 6.53. The van der Waals surface area contributed by atoms with Gasteiger partial charge >= 0.3 is 0 Å². The van der Waals surface area contributed by atoms with Crippen molar-refractivity contribution in [1.29, 1.82) is 0 Å². The van der Waals surface area contributed by atoms with Gasteiger partial charge in [-0.1, -0.05) is 53.5 Å². The van der Waals surface area contributed by atoms with Crippen molar-refractivity contribution in [2.75, 3.05) is 0 Å². The van der Waals surface area contributed by atoms with E-state index < -0.39 is 0 Å². The molecule has 4 rings (SSSR count). The first-order chi connectivity index (χ1) is 16.0. The third kappa shape index (κ3) is 5.85. The summed E-state index contributed by atoms with van der Waals surface area (Å²) in [5.41, 5.74) is 6.56. The van der Waals surface area contributed by atoms with Gasteiger partial charge in [-0.15, -0.1) is 11.8 Å². The molecule has 8 heteroatoms. The molecular weight excluding hydrogens is 475 g/mol. The van der Waals surface area contributed by atoms with Crippen molar-refractivity contribution < 1.29 is 4.79 Å². The highest BCUT2D eigenvalue weighted by atomic mass is 35.5. The molecule has 1 heterocycles. The molecule has 0 bridgehead atoms. The van der Waals surface area contributed by atoms with Gasteiger partial charge < -0.3 is 0 Å². The monoisotopic (exact) mass is 494 g/mol. The van der Waals surface area contributed by atoms with Gasteiger partial charge in [0.25, 0.3) is 5.91 Å². The molecule has 0 saturated carbocycles. The molecule has 0 aliphatic rings. The van der Waals surface area contributed by atoms with Crippen LogP contribution in [-0.4, -0.2) is 21.9 Å². The number of hydrazone groups is 1. The SMILES string of the molecule is Cc1c(/C=N\NC(=O)c2ccc(CSc3ccc(Cl)cc3)cc2)c(Cl)nn1-c1ccccc1. The number of benzene rings is 3. The molecule has 0 aliphatic heterocycles. The van der Waals surface area contributed by atoms with Crippen LogP contribution in [0.5, 0.6) is 0 Å². The van der Waals surface area contributed by atoms with Crippen LogP contribution in [0.2, 0.25) is 10.2 Å². The van der Waals surface area contributed by atoms with Crippen LogP contribution in [0.1, 0.15) is 27.2 Å². The summed E-state index contributed by atoms with van der Waals surface area (Å²) in [6.45, 7) is 1.90. The van der Waals surface area contributed by atoms with Crippen molar-refractivity contribution in [2.24, 2.45) is 5.10 Å². The van der Waals surface area contributed by atoms with Gasteiger partial charge in [0, 0.05) is 21.2 Å². The lowest BCUT2D eigenvalue weighted by Gasteiger charge is -2.04. The number of para-hydroxylation sites is 1. The predicted octanol–water partition coefficient (Wildman–Crippen LogP) is 6.54.